The van der Waals surface area contributed by atoms with Gasteiger partial charge < -0.3 is 48.5 Å². The maximum atomic E-state index is 13.0. The van der Waals surface area contributed by atoms with Gasteiger partial charge in [-0.15, -0.1) is 0 Å². The Balaban J connectivity index is 5.63. The number of carboxylic acid groups (broad SMARTS) is 2. The molecule has 0 aliphatic carbocycles. The Labute approximate surface area is 202 Å². The monoisotopic (exact) mass is 503 g/mol. The summed E-state index contributed by atoms with van der Waals surface area (Å²) < 4.78 is 0. The minimum Gasteiger partial charge on any atom is -0.481 e. The van der Waals surface area contributed by atoms with Crippen LogP contribution in [0.25, 0.3) is 0 Å². The summed E-state index contributed by atoms with van der Waals surface area (Å²) in [5.41, 5.74) is 16.1. The Bertz CT molecular complexity index is 783. The molecule has 0 spiro atoms. The van der Waals surface area contributed by atoms with Crippen LogP contribution in [0.5, 0.6) is 0 Å². The van der Waals surface area contributed by atoms with Crippen molar-refractivity contribution in [1.82, 2.24) is 16.0 Å². The number of nitrogens with one attached hydrogen (secondary N) is 3. The molecule has 0 aliphatic rings. The zero-order valence-electron chi connectivity index (χ0n) is 20.1. The van der Waals surface area contributed by atoms with Crippen LogP contribution < -0.4 is 33.2 Å². The third-order valence-electron chi connectivity index (χ3n) is 4.70. The number of aliphatic carboxylic acids is 2. The first-order valence-corrected chi connectivity index (χ1v) is 11.0. The lowest BCUT2D eigenvalue weighted by Gasteiger charge is -2.26. The summed E-state index contributed by atoms with van der Waals surface area (Å²) >= 11 is 0. The normalized spacial score (nSPS) is 15.1. The molecule has 0 saturated carbocycles. The SMILES string of the molecule is CC(C)CC(NC(=O)C(N)CC(=O)O)C(=O)NC(CCCN=C(N)N)C(=O)NC(C(=O)O)C(C)O. The molecule has 5 atom stereocenters. The third kappa shape index (κ3) is 13.1. The van der Waals surface area contributed by atoms with Crippen LogP contribution in [0.3, 0.4) is 0 Å². The van der Waals surface area contributed by atoms with Gasteiger partial charge in [-0.05, 0) is 32.1 Å². The fourth-order valence-corrected chi connectivity index (χ4v) is 2.95. The van der Waals surface area contributed by atoms with Gasteiger partial charge in [-0.25, -0.2) is 4.79 Å². The number of nitrogens with two attached hydrogens (primary N) is 3. The number of rotatable bonds is 16. The summed E-state index contributed by atoms with van der Waals surface area (Å²) in [4.78, 5) is 63.9. The van der Waals surface area contributed by atoms with E-state index in [1.54, 1.807) is 13.8 Å². The van der Waals surface area contributed by atoms with E-state index in [2.05, 4.69) is 20.9 Å². The number of aliphatic hydroxyl groups is 1. The maximum Gasteiger partial charge on any atom is 0.328 e. The molecule has 0 aromatic carbocycles. The molecule has 200 valence electrons. The van der Waals surface area contributed by atoms with Crippen LogP contribution in [0.2, 0.25) is 0 Å². The van der Waals surface area contributed by atoms with Crippen molar-refractivity contribution in [3.05, 3.63) is 0 Å². The van der Waals surface area contributed by atoms with Crippen LogP contribution in [-0.4, -0.2) is 87.8 Å². The Kier molecular flexibility index (Phi) is 13.9. The molecule has 0 saturated heterocycles. The second kappa shape index (κ2) is 15.4. The Morgan fingerprint density at radius 3 is 1.89 bits per heavy atom. The molecule has 0 aromatic heterocycles. The van der Waals surface area contributed by atoms with Crippen molar-refractivity contribution >= 4 is 35.6 Å². The highest BCUT2D eigenvalue weighted by Gasteiger charge is 2.32. The van der Waals surface area contributed by atoms with Gasteiger partial charge in [0.2, 0.25) is 17.7 Å². The molecule has 0 aromatic rings. The number of guanidine groups is 1. The fraction of sp³-hybridized carbons (Fsp3) is 0.700. The Hall–Kier alpha value is -3.46. The standard InChI is InChI=1S/C20H37N7O8/c1-9(2)7-13(26-16(31)11(21)8-14(29)30)18(33)25-12(5-4-6-24-20(22)23)17(32)27-15(10(3)28)19(34)35/h9-13,15,28H,4-8,21H2,1-3H3,(H,25,33)(H,26,31)(H,27,32)(H,29,30)(H,34,35)(H4,22,23,24). The second-order valence-corrected chi connectivity index (χ2v) is 8.47. The number of aliphatic hydroxyl groups excluding tert-OH is 1. The highest BCUT2D eigenvalue weighted by atomic mass is 16.4. The molecule has 0 fully saturated rings. The summed E-state index contributed by atoms with van der Waals surface area (Å²) in [6.45, 7) is 4.86. The molecular weight excluding hydrogens is 466 g/mol. The van der Waals surface area contributed by atoms with Gasteiger partial charge in [0.05, 0.1) is 18.6 Å². The van der Waals surface area contributed by atoms with E-state index in [4.69, 9.17) is 22.3 Å². The van der Waals surface area contributed by atoms with E-state index in [9.17, 15) is 34.2 Å². The number of carbonyl (C=O) groups is 5. The van der Waals surface area contributed by atoms with Crippen molar-refractivity contribution in [3.63, 3.8) is 0 Å². The number of carbonyl (C=O) groups excluding carboxylic acids is 3. The van der Waals surface area contributed by atoms with Gasteiger partial charge in [0.25, 0.3) is 0 Å². The fourth-order valence-electron chi connectivity index (χ4n) is 2.95. The average molecular weight is 504 g/mol. The molecule has 0 rings (SSSR count). The van der Waals surface area contributed by atoms with Crippen molar-refractivity contribution in [1.29, 1.82) is 0 Å². The Morgan fingerprint density at radius 2 is 1.43 bits per heavy atom. The third-order valence-corrected chi connectivity index (χ3v) is 4.70. The number of amides is 3. The van der Waals surface area contributed by atoms with Gasteiger partial charge in [0.1, 0.15) is 12.1 Å². The molecular formula is C20H37N7O8. The highest BCUT2D eigenvalue weighted by molar-refractivity contribution is 5.94. The van der Waals surface area contributed by atoms with Crippen molar-refractivity contribution in [2.75, 3.05) is 6.54 Å². The number of aliphatic imine (C=N–C) groups is 1. The van der Waals surface area contributed by atoms with E-state index in [1.807, 2.05) is 0 Å². The molecule has 0 radical (unpaired) electrons. The van der Waals surface area contributed by atoms with E-state index < -0.39 is 66.4 Å². The number of nitrogens with zero attached hydrogens (tertiary/aromatic N) is 1. The second-order valence-electron chi connectivity index (χ2n) is 8.47. The van der Waals surface area contributed by atoms with Crippen LogP contribution >= 0.6 is 0 Å². The average Bonchev–Trinajstić information content (AvgIpc) is 2.71. The van der Waals surface area contributed by atoms with E-state index >= 15 is 0 Å². The van der Waals surface area contributed by atoms with E-state index in [0.717, 1.165) is 0 Å². The zero-order chi connectivity index (χ0) is 27.3. The maximum absolute atomic E-state index is 13.0. The van der Waals surface area contributed by atoms with Crippen LogP contribution in [0.15, 0.2) is 4.99 Å². The smallest absolute Gasteiger partial charge is 0.328 e. The van der Waals surface area contributed by atoms with Crippen molar-refractivity contribution in [2.45, 2.75) is 76.7 Å². The van der Waals surface area contributed by atoms with Gasteiger partial charge in [0, 0.05) is 6.54 Å². The van der Waals surface area contributed by atoms with Crippen LogP contribution in [0.4, 0.5) is 0 Å². The van der Waals surface area contributed by atoms with Crippen LogP contribution in [0.1, 0.15) is 46.5 Å². The molecule has 0 heterocycles. The number of hydrogen-bond donors (Lipinski definition) is 9. The van der Waals surface area contributed by atoms with Crippen LogP contribution in [0, 0.1) is 5.92 Å². The first-order chi connectivity index (χ1) is 16.1. The summed E-state index contributed by atoms with van der Waals surface area (Å²) in [6.07, 6.45) is -1.69. The molecule has 12 N–H and O–H groups in total. The minimum absolute atomic E-state index is 0.00136. The molecule has 0 bridgehead atoms. The lowest BCUT2D eigenvalue weighted by molar-refractivity contribution is -0.145. The van der Waals surface area contributed by atoms with Crippen molar-refractivity contribution in [2.24, 2.45) is 28.1 Å². The van der Waals surface area contributed by atoms with E-state index in [-0.39, 0.29) is 37.7 Å². The highest BCUT2D eigenvalue weighted by Crippen LogP contribution is 2.08. The van der Waals surface area contributed by atoms with E-state index in [1.165, 1.54) is 6.92 Å². The minimum atomic E-state index is -1.63. The van der Waals surface area contributed by atoms with Crippen LogP contribution in [-0.2, 0) is 24.0 Å². The van der Waals surface area contributed by atoms with Crippen molar-refractivity contribution in [3.8, 4) is 0 Å². The molecule has 3 amide bonds. The first kappa shape index (κ1) is 31.5. The summed E-state index contributed by atoms with van der Waals surface area (Å²) in [6, 6.07) is -5.42. The summed E-state index contributed by atoms with van der Waals surface area (Å²) in [7, 11) is 0. The summed E-state index contributed by atoms with van der Waals surface area (Å²) in [5.74, 6) is -5.52. The van der Waals surface area contributed by atoms with Gasteiger partial charge in [-0.1, -0.05) is 13.8 Å². The molecule has 0 aliphatic heterocycles. The predicted octanol–water partition coefficient (Wildman–Crippen LogP) is -3.19. The quantitative estimate of drug-likeness (QED) is 0.0574. The van der Waals surface area contributed by atoms with Crippen molar-refractivity contribution < 1.29 is 39.3 Å². The van der Waals surface area contributed by atoms with Gasteiger partial charge in [-0.2, -0.15) is 0 Å². The number of carboxylic acids is 2. The van der Waals surface area contributed by atoms with Gasteiger partial charge in [-0.3, -0.25) is 24.2 Å². The number of hydrogen-bond acceptors (Lipinski definition) is 8. The topological polar surface area (TPSA) is 273 Å². The molecule has 35 heavy (non-hydrogen) atoms. The van der Waals surface area contributed by atoms with Gasteiger partial charge >= 0.3 is 11.9 Å². The summed E-state index contributed by atoms with van der Waals surface area (Å²) in [5, 5.41) is 34.7. The molecule has 15 nitrogen and oxygen atoms in total. The van der Waals surface area contributed by atoms with E-state index in [0.29, 0.717) is 0 Å². The largest absolute Gasteiger partial charge is 0.481 e. The zero-order valence-corrected chi connectivity index (χ0v) is 20.1. The molecule has 15 heteroatoms. The Morgan fingerprint density at radius 1 is 0.886 bits per heavy atom. The lowest BCUT2D eigenvalue weighted by Crippen LogP contribution is -2.58. The first-order valence-electron chi connectivity index (χ1n) is 11.0. The molecule has 5 unspecified atom stereocenters. The predicted molar refractivity (Wildman–Crippen MR) is 125 cm³/mol. The van der Waals surface area contributed by atoms with Gasteiger partial charge in [0.15, 0.2) is 12.0 Å². The lowest BCUT2D eigenvalue weighted by atomic mass is 10.0.